The third-order valence-corrected chi connectivity index (χ3v) is 5.80. The second kappa shape index (κ2) is 11.6. The standard InChI is InChI=1S/C22H24ClN5O4S/c1-4-24-21(30)25-20(29)13-33-22-27-26-19(12-32-17-9-7-16(31-3)8-10-17)28(22)15-6-5-14(2)18(23)11-15/h5-11H,4,12-13H2,1-3H3,(H2,24,25,29,30). The van der Waals surface area contributed by atoms with Gasteiger partial charge < -0.3 is 14.8 Å². The van der Waals surface area contributed by atoms with Gasteiger partial charge in [-0.2, -0.15) is 0 Å². The van der Waals surface area contributed by atoms with Gasteiger partial charge in [0.05, 0.1) is 18.6 Å². The molecule has 2 N–H and O–H groups in total. The number of nitrogens with one attached hydrogen (secondary N) is 2. The minimum Gasteiger partial charge on any atom is -0.497 e. The molecule has 0 aliphatic carbocycles. The van der Waals surface area contributed by atoms with Gasteiger partial charge in [0.25, 0.3) is 0 Å². The summed E-state index contributed by atoms with van der Waals surface area (Å²) in [5.41, 5.74) is 1.66. The SMILES string of the molecule is CCNC(=O)NC(=O)CSc1nnc(COc2ccc(OC)cc2)n1-c1ccc(C)c(Cl)c1. The van der Waals surface area contributed by atoms with Crippen molar-refractivity contribution in [3.05, 3.63) is 58.9 Å². The number of urea groups is 1. The number of hydrogen-bond donors (Lipinski definition) is 2. The number of imide groups is 1. The first-order valence-corrected chi connectivity index (χ1v) is 11.5. The molecule has 0 unspecified atom stereocenters. The second-order valence-corrected chi connectivity index (χ2v) is 8.18. The van der Waals surface area contributed by atoms with Gasteiger partial charge >= 0.3 is 6.03 Å². The Morgan fingerprint density at radius 2 is 1.85 bits per heavy atom. The lowest BCUT2D eigenvalue weighted by Crippen LogP contribution is -2.40. The highest BCUT2D eigenvalue weighted by atomic mass is 35.5. The van der Waals surface area contributed by atoms with Gasteiger partial charge in [-0.15, -0.1) is 10.2 Å². The number of amides is 3. The lowest BCUT2D eigenvalue weighted by atomic mass is 10.2. The maximum absolute atomic E-state index is 12.1. The Balaban J connectivity index is 1.80. The monoisotopic (exact) mass is 489 g/mol. The smallest absolute Gasteiger partial charge is 0.321 e. The number of rotatable bonds is 9. The van der Waals surface area contributed by atoms with E-state index in [9.17, 15) is 9.59 Å². The van der Waals surface area contributed by atoms with Crippen molar-refractivity contribution in [2.75, 3.05) is 19.4 Å². The van der Waals surface area contributed by atoms with Gasteiger partial charge in [0.15, 0.2) is 11.0 Å². The molecule has 3 aromatic rings. The van der Waals surface area contributed by atoms with Gasteiger partial charge in [-0.25, -0.2) is 4.79 Å². The van der Waals surface area contributed by atoms with Crippen LogP contribution in [-0.2, 0) is 11.4 Å². The van der Waals surface area contributed by atoms with Gasteiger partial charge in [-0.3, -0.25) is 14.7 Å². The first-order chi connectivity index (χ1) is 15.9. The van der Waals surface area contributed by atoms with E-state index in [0.717, 1.165) is 28.8 Å². The first-order valence-electron chi connectivity index (χ1n) is 10.1. The Hall–Kier alpha value is -3.24. The zero-order chi connectivity index (χ0) is 23.8. The summed E-state index contributed by atoms with van der Waals surface area (Å²) in [6, 6.07) is 12.2. The minimum absolute atomic E-state index is 0.0196. The third-order valence-electron chi connectivity index (χ3n) is 4.46. The Labute approximate surface area is 200 Å². The Kier molecular flexibility index (Phi) is 8.56. The van der Waals surface area contributed by atoms with Crippen LogP contribution in [0.15, 0.2) is 47.6 Å². The van der Waals surface area contributed by atoms with E-state index in [1.54, 1.807) is 48.9 Å². The predicted octanol–water partition coefficient (Wildman–Crippen LogP) is 3.75. The summed E-state index contributed by atoms with van der Waals surface area (Å²) in [6.45, 7) is 4.24. The Morgan fingerprint density at radius 1 is 1.12 bits per heavy atom. The highest BCUT2D eigenvalue weighted by molar-refractivity contribution is 7.99. The molecule has 174 valence electrons. The molecule has 1 aromatic heterocycles. The molecule has 0 aliphatic rings. The van der Waals surface area contributed by atoms with E-state index in [1.807, 2.05) is 19.1 Å². The van der Waals surface area contributed by atoms with Crippen LogP contribution in [0, 0.1) is 6.92 Å². The van der Waals surface area contributed by atoms with Crippen LogP contribution in [0.4, 0.5) is 4.79 Å². The van der Waals surface area contributed by atoms with Crippen molar-refractivity contribution in [1.29, 1.82) is 0 Å². The van der Waals surface area contributed by atoms with E-state index in [0.29, 0.717) is 28.3 Å². The highest BCUT2D eigenvalue weighted by Gasteiger charge is 2.18. The molecule has 0 fully saturated rings. The van der Waals surface area contributed by atoms with Crippen molar-refractivity contribution in [2.45, 2.75) is 25.6 Å². The quantitative estimate of drug-likeness (QED) is 0.441. The van der Waals surface area contributed by atoms with E-state index in [1.165, 1.54) is 0 Å². The minimum atomic E-state index is -0.538. The zero-order valence-electron chi connectivity index (χ0n) is 18.4. The summed E-state index contributed by atoms with van der Waals surface area (Å²) in [5.74, 6) is 1.43. The lowest BCUT2D eigenvalue weighted by molar-refractivity contribution is -0.117. The van der Waals surface area contributed by atoms with Crippen molar-refractivity contribution >= 4 is 35.3 Å². The Bertz CT molecular complexity index is 1120. The summed E-state index contributed by atoms with van der Waals surface area (Å²) in [5, 5.41) is 14.3. The van der Waals surface area contributed by atoms with E-state index in [4.69, 9.17) is 21.1 Å². The average molecular weight is 490 g/mol. The van der Waals surface area contributed by atoms with Gasteiger partial charge in [0.1, 0.15) is 18.1 Å². The fraction of sp³-hybridized carbons (Fsp3) is 0.273. The predicted molar refractivity (Wildman–Crippen MR) is 126 cm³/mol. The molecule has 0 saturated heterocycles. The maximum atomic E-state index is 12.1. The number of hydrogen-bond acceptors (Lipinski definition) is 7. The zero-order valence-corrected chi connectivity index (χ0v) is 20.0. The van der Waals surface area contributed by atoms with Crippen LogP contribution in [0.1, 0.15) is 18.3 Å². The maximum Gasteiger partial charge on any atom is 0.321 e. The summed E-state index contributed by atoms with van der Waals surface area (Å²) >= 11 is 7.49. The molecule has 0 radical (unpaired) electrons. The molecule has 0 atom stereocenters. The molecule has 0 aliphatic heterocycles. The third kappa shape index (κ3) is 6.62. The number of carbonyl (C=O) groups is 2. The van der Waals surface area contributed by atoms with Crippen molar-refractivity contribution in [3.8, 4) is 17.2 Å². The summed E-state index contributed by atoms with van der Waals surface area (Å²) in [6.07, 6.45) is 0. The molecular weight excluding hydrogens is 466 g/mol. The van der Waals surface area contributed by atoms with Gasteiger partial charge in [-0.1, -0.05) is 29.4 Å². The van der Waals surface area contributed by atoms with E-state index in [-0.39, 0.29) is 12.4 Å². The highest BCUT2D eigenvalue weighted by Crippen LogP contribution is 2.26. The first kappa shape index (κ1) is 24.4. The molecule has 2 aromatic carbocycles. The number of ether oxygens (including phenoxy) is 2. The Morgan fingerprint density at radius 3 is 2.52 bits per heavy atom. The summed E-state index contributed by atoms with van der Waals surface area (Å²) in [7, 11) is 1.60. The van der Waals surface area contributed by atoms with Crippen molar-refractivity contribution < 1.29 is 19.1 Å². The van der Waals surface area contributed by atoms with Crippen LogP contribution >= 0.6 is 23.4 Å². The number of aromatic nitrogens is 3. The normalized spacial score (nSPS) is 10.5. The summed E-state index contributed by atoms with van der Waals surface area (Å²) in [4.78, 5) is 23.7. The van der Waals surface area contributed by atoms with Crippen LogP contribution in [-0.4, -0.2) is 46.1 Å². The van der Waals surface area contributed by atoms with Crippen molar-refractivity contribution in [3.63, 3.8) is 0 Å². The number of carbonyl (C=O) groups excluding carboxylic acids is 2. The van der Waals surface area contributed by atoms with Crippen LogP contribution in [0.25, 0.3) is 5.69 Å². The molecule has 9 nitrogen and oxygen atoms in total. The molecule has 1 heterocycles. The fourth-order valence-corrected chi connectivity index (χ4v) is 3.73. The summed E-state index contributed by atoms with van der Waals surface area (Å²) < 4.78 is 12.8. The number of aryl methyl sites for hydroxylation is 1. The van der Waals surface area contributed by atoms with Crippen molar-refractivity contribution in [1.82, 2.24) is 25.4 Å². The largest absolute Gasteiger partial charge is 0.497 e. The van der Waals surface area contributed by atoms with Crippen LogP contribution in [0.3, 0.4) is 0 Å². The second-order valence-electron chi connectivity index (χ2n) is 6.83. The van der Waals surface area contributed by atoms with Crippen LogP contribution in [0.5, 0.6) is 11.5 Å². The molecule has 0 saturated carbocycles. The van der Waals surface area contributed by atoms with E-state index < -0.39 is 11.9 Å². The number of thioether (sulfide) groups is 1. The number of methoxy groups -OCH3 is 1. The molecule has 0 spiro atoms. The molecule has 11 heteroatoms. The molecule has 3 amide bonds. The number of nitrogens with zero attached hydrogens (tertiary/aromatic N) is 3. The number of benzene rings is 2. The molecule has 0 bridgehead atoms. The topological polar surface area (TPSA) is 107 Å². The van der Waals surface area contributed by atoms with Crippen LogP contribution < -0.4 is 20.1 Å². The van der Waals surface area contributed by atoms with Gasteiger partial charge in [-0.05, 0) is 55.8 Å². The van der Waals surface area contributed by atoms with E-state index in [2.05, 4.69) is 20.8 Å². The van der Waals surface area contributed by atoms with Gasteiger partial charge in [0.2, 0.25) is 5.91 Å². The number of halogens is 1. The molecule has 33 heavy (non-hydrogen) atoms. The fourth-order valence-electron chi connectivity index (χ4n) is 2.78. The average Bonchev–Trinajstić information content (AvgIpc) is 3.21. The van der Waals surface area contributed by atoms with Crippen LogP contribution in [0.2, 0.25) is 5.02 Å². The van der Waals surface area contributed by atoms with E-state index >= 15 is 0 Å². The van der Waals surface area contributed by atoms with Gasteiger partial charge in [0, 0.05) is 11.6 Å². The molecule has 3 rings (SSSR count). The molecular formula is C22H24ClN5O4S. The van der Waals surface area contributed by atoms with Crippen molar-refractivity contribution in [2.24, 2.45) is 0 Å². The lowest BCUT2D eigenvalue weighted by Gasteiger charge is -2.12.